The molecular formula is C23H30O7. The lowest BCUT2D eigenvalue weighted by Gasteiger charge is -2.60. The smallest absolute Gasteiger partial charge is 0.312 e. The van der Waals surface area contributed by atoms with Crippen molar-refractivity contribution in [3.63, 3.8) is 0 Å². The molecule has 4 aliphatic carbocycles. The van der Waals surface area contributed by atoms with Crippen LogP contribution >= 0.6 is 0 Å². The fourth-order valence-corrected chi connectivity index (χ4v) is 7.38. The molecule has 0 radical (unpaired) electrons. The van der Waals surface area contributed by atoms with Crippen LogP contribution in [0.15, 0.2) is 23.8 Å². The van der Waals surface area contributed by atoms with Gasteiger partial charge in [0.2, 0.25) is 0 Å². The monoisotopic (exact) mass is 418 g/mol. The first-order valence-electron chi connectivity index (χ1n) is 10.6. The second-order valence-corrected chi connectivity index (χ2v) is 9.89. The van der Waals surface area contributed by atoms with Gasteiger partial charge in [-0.2, -0.15) is 0 Å². The molecule has 0 saturated heterocycles. The minimum atomic E-state index is -1.70. The summed E-state index contributed by atoms with van der Waals surface area (Å²) in [5.41, 5.74) is -2.63. The summed E-state index contributed by atoms with van der Waals surface area (Å²) in [4.78, 5) is 37.3. The normalized spacial score (nSPS) is 47.1. The summed E-state index contributed by atoms with van der Waals surface area (Å²) in [5.74, 6) is -2.35. The van der Waals surface area contributed by atoms with Crippen LogP contribution in [0.4, 0.5) is 0 Å². The largest absolute Gasteiger partial charge is 0.469 e. The third-order valence-corrected chi connectivity index (χ3v) is 8.79. The van der Waals surface area contributed by atoms with Gasteiger partial charge in [0.25, 0.3) is 0 Å². The molecule has 4 aliphatic rings. The number of ether oxygens (including phenoxy) is 1. The predicted octanol–water partition coefficient (Wildman–Crippen LogP) is 0.957. The summed E-state index contributed by atoms with van der Waals surface area (Å²) in [6.45, 7) is 3.02. The van der Waals surface area contributed by atoms with Crippen molar-refractivity contribution in [2.45, 2.75) is 51.2 Å². The number of carbonyl (C=O) groups is 3. The van der Waals surface area contributed by atoms with Crippen LogP contribution in [0.1, 0.15) is 39.5 Å². The Kier molecular flexibility index (Phi) is 4.88. The lowest BCUT2D eigenvalue weighted by Crippen LogP contribution is -2.62. The maximum atomic E-state index is 12.7. The van der Waals surface area contributed by atoms with Crippen LogP contribution in [-0.4, -0.2) is 58.3 Å². The van der Waals surface area contributed by atoms with Crippen molar-refractivity contribution in [2.75, 3.05) is 13.7 Å². The number of hydrogen-bond donors (Lipinski definition) is 3. The molecular weight excluding hydrogens is 388 g/mol. The number of aliphatic hydroxyl groups is 3. The fraction of sp³-hybridized carbons (Fsp3) is 0.696. The van der Waals surface area contributed by atoms with E-state index in [2.05, 4.69) is 0 Å². The molecule has 0 aromatic carbocycles. The van der Waals surface area contributed by atoms with Gasteiger partial charge in [0.1, 0.15) is 12.2 Å². The van der Waals surface area contributed by atoms with Crippen LogP contribution in [0.25, 0.3) is 0 Å². The SMILES string of the molecule is COC(=O)C1C[C@@H]2[C@H]([C@@H](O)C[C@@]3(C)[C@H]2CC[C@]3(O)C(=O)CO)[C@@]2(C)C=CC(=O)C=C12. The summed E-state index contributed by atoms with van der Waals surface area (Å²) in [5, 5.41) is 32.0. The lowest BCUT2D eigenvalue weighted by molar-refractivity contribution is -0.183. The molecule has 0 amide bonds. The highest BCUT2D eigenvalue weighted by molar-refractivity contribution is 6.02. The number of carbonyl (C=O) groups excluding carboxylic acids is 3. The van der Waals surface area contributed by atoms with Gasteiger partial charge in [-0.1, -0.05) is 19.9 Å². The molecule has 0 heterocycles. The summed E-state index contributed by atoms with van der Waals surface area (Å²) in [6, 6.07) is 0. The molecule has 0 aliphatic heterocycles. The first-order valence-corrected chi connectivity index (χ1v) is 10.6. The van der Waals surface area contributed by atoms with Crippen molar-refractivity contribution in [3.8, 4) is 0 Å². The number of methoxy groups -OCH3 is 1. The van der Waals surface area contributed by atoms with Crippen molar-refractivity contribution in [3.05, 3.63) is 23.8 Å². The standard InChI is InChI=1S/C23H30O7/c1-21-6-4-12(25)8-16(21)14(20(28)30-3)9-13-15-5-7-23(29,18(27)11-24)22(15,2)10-17(26)19(13)21/h4,6,8,13-15,17,19,24,26,29H,5,7,9-11H2,1-3H3/t13-,14?,15-,17-,19+,21-,22-,23-/m0/s1. The number of rotatable bonds is 3. The van der Waals surface area contributed by atoms with Crippen molar-refractivity contribution >= 4 is 17.5 Å². The van der Waals surface area contributed by atoms with E-state index in [9.17, 15) is 29.7 Å². The maximum Gasteiger partial charge on any atom is 0.312 e. The summed E-state index contributed by atoms with van der Waals surface area (Å²) < 4.78 is 5.04. The Morgan fingerprint density at radius 2 is 2.00 bits per heavy atom. The number of hydrogen-bond acceptors (Lipinski definition) is 7. The van der Waals surface area contributed by atoms with Gasteiger partial charge in [0.05, 0.1) is 19.1 Å². The van der Waals surface area contributed by atoms with Gasteiger partial charge in [-0.15, -0.1) is 0 Å². The van der Waals surface area contributed by atoms with E-state index < -0.39 is 46.8 Å². The van der Waals surface area contributed by atoms with E-state index in [-0.39, 0.29) is 36.4 Å². The number of esters is 1. The molecule has 0 aromatic rings. The second kappa shape index (κ2) is 6.84. The quantitative estimate of drug-likeness (QED) is 0.584. The van der Waals surface area contributed by atoms with Crippen LogP contribution in [0, 0.1) is 34.5 Å². The third-order valence-electron chi connectivity index (χ3n) is 8.79. The molecule has 0 bridgehead atoms. The summed E-state index contributed by atoms with van der Waals surface area (Å²) in [6.07, 6.45) is 5.34. The van der Waals surface area contributed by atoms with E-state index in [0.717, 1.165) is 0 Å². The minimum Gasteiger partial charge on any atom is -0.469 e. The van der Waals surface area contributed by atoms with Gasteiger partial charge < -0.3 is 20.1 Å². The van der Waals surface area contributed by atoms with E-state index in [1.165, 1.54) is 19.3 Å². The molecule has 1 unspecified atom stereocenters. The summed E-state index contributed by atoms with van der Waals surface area (Å²) in [7, 11) is 1.32. The van der Waals surface area contributed by atoms with Gasteiger partial charge >= 0.3 is 5.97 Å². The van der Waals surface area contributed by atoms with Crippen LogP contribution < -0.4 is 0 Å². The highest BCUT2D eigenvalue weighted by Gasteiger charge is 2.69. The number of ketones is 2. The highest BCUT2D eigenvalue weighted by atomic mass is 16.5. The number of allylic oxidation sites excluding steroid dienone is 3. The van der Waals surface area contributed by atoms with Gasteiger partial charge in [-0.3, -0.25) is 14.4 Å². The van der Waals surface area contributed by atoms with Crippen molar-refractivity contribution in [1.29, 1.82) is 0 Å². The average Bonchev–Trinajstić information content (AvgIpc) is 2.98. The molecule has 0 spiro atoms. The molecule has 8 atom stereocenters. The molecule has 7 nitrogen and oxygen atoms in total. The van der Waals surface area contributed by atoms with Gasteiger partial charge in [-0.05, 0) is 55.2 Å². The lowest BCUT2D eigenvalue weighted by atomic mass is 9.44. The Hall–Kier alpha value is -1.83. The summed E-state index contributed by atoms with van der Waals surface area (Å²) >= 11 is 0. The third kappa shape index (κ3) is 2.58. The van der Waals surface area contributed by atoms with E-state index in [1.807, 2.05) is 13.8 Å². The molecule has 30 heavy (non-hydrogen) atoms. The second-order valence-electron chi connectivity index (χ2n) is 9.89. The molecule has 4 rings (SSSR count). The van der Waals surface area contributed by atoms with Crippen LogP contribution in [0.5, 0.6) is 0 Å². The first kappa shape index (κ1) is 21.4. The van der Waals surface area contributed by atoms with Crippen LogP contribution in [0.2, 0.25) is 0 Å². The number of aliphatic hydroxyl groups excluding tert-OH is 2. The Bertz CT molecular complexity index is 860. The molecule has 3 N–H and O–H groups in total. The molecule has 3 saturated carbocycles. The predicted molar refractivity (Wildman–Crippen MR) is 106 cm³/mol. The van der Waals surface area contributed by atoms with Crippen molar-refractivity contribution < 1.29 is 34.4 Å². The topological polar surface area (TPSA) is 121 Å². The highest BCUT2D eigenvalue weighted by Crippen LogP contribution is 2.67. The minimum absolute atomic E-state index is 0.108. The van der Waals surface area contributed by atoms with Crippen molar-refractivity contribution in [2.24, 2.45) is 34.5 Å². The van der Waals surface area contributed by atoms with Gasteiger partial charge in [0.15, 0.2) is 11.6 Å². The number of fused-ring (bicyclic) bond motifs is 5. The van der Waals surface area contributed by atoms with Gasteiger partial charge in [-0.25, -0.2) is 0 Å². The average molecular weight is 418 g/mol. The zero-order valence-corrected chi connectivity index (χ0v) is 17.6. The van der Waals surface area contributed by atoms with E-state index >= 15 is 0 Å². The maximum absolute atomic E-state index is 12.7. The van der Waals surface area contributed by atoms with Crippen LogP contribution in [0.3, 0.4) is 0 Å². The zero-order chi connectivity index (χ0) is 22.1. The van der Waals surface area contributed by atoms with E-state index in [4.69, 9.17) is 4.74 Å². The molecule has 0 aromatic heterocycles. The molecule has 164 valence electrons. The van der Waals surface area contributed by atoms with Crippen LogP contribution in [-0.2, 0) is 19.1 Å². The Labute approximate surface area is 175 Å². The molecule has 7 heteroatoms. The van der Waals surface area contributed by atoms with Crippen molar-refractivity contribution in [1.82, 2.24) is 0 Å². The first-order chi connectivity index (χ1) is 14.0. The Morgan fingerprint density at radius 3 is 2.63 bits per heavy atom. The zero-order valence-electron chi connectivity index (χ0n) is 17.6. The Morgan fingerprint density at radius 1 is 1.30 bits per heavy atom. The Balaban J connectivity index is 1.82. The van der Waals surface area contributed by atoms with Gasteiger partial charge in [0, 0.05) is 16.7 Å². The number of Topliss-reactive ketones (excluding diaryl/α,β-unsaturated/α-hetero) is 1. The van der Waals surface area contributed by atoms with E-state index in [0.29, 0.717) is 18.4 Å². The van der Waals surface area contributed by atoms with E-state index in [1.54, 1.807) is 6.08 Å². The fourth-order valence-electron chi connectivity index (χ4n) is 7.38. The molecule has 3 fully saturated rings.